The maximum absolute atomic E-state index is 5.57. The molecule has 0 radical (unpaired) electrons. The third-order valence-electron chi connectivity index (χ3n) is 2.77. The van der Waals surface area contributed by atoms with E-state index < -0.39 is 0 Å². The molecule has 1 aliphatic heterocycles. The van der Waals surface area contributed by atoms with Gasteiger partial charge in [0.2, 0.25) is 0 Å². The van der Waals surface area contributed by atoms with E-state index in [-0.39, 0.29) is 5.60 Å². The lowest BCUT2D eigenvalue weighted by molar-refractivity contribution is -0.0352. The van der Waals surface area contributed by atoms with Gasteiger partial charge in [-0.25, -0.2) is 0 Å². The first-order valence-electron chi connectivity index (χ1n) is 6.53. The molecule has 0 bridgehead atoms. The monoisotopic (exact) mass is 229 g/mol. The maximum atomic E-state index is 5.57. The van der Waals surface area contributed by atoms with E-state index in [4.69, 9.17) is 9.47 Å². The number of hydrogen-bond donors (Lipinski definition) is 1. The molecule has 96 valence electrons. The second-order valence-electron chi connectivity index (χ2n) is 5.51. The number of hydrogen-bond acceptors (Lipinski definition) is 3. The molecule has 0 spiro atoms. The molecule has 0 aliphatic carbocycles. The zero-order valence-electron chi connectivity index (χ0n) is 11.1. The van der Waals surface area contributed by atoms with Crippen LogP contribution >= 0.6 is 0 Å². The quantitative estimate of drug-likeness (QED) is 0.680. The van der Waals surface area contributed by atoms with E-state index in [2.05, 4.69) is 26.1 Å². The molecule has 0 amide bonds. The van der Waals surface area contributed by atoms with Gasteiger partial charge in [-0.15, -0.1) is 0 Å². The van der Waals surface area contributed by atoms with Gasteiger partial charge < -0.3 is 14.8 Å². The molecule has 3 heteroatoms. The molecule has 0 aromatic carbocycles. The lowest BCUT2D eigenvalue weighted by Gasteiger charge is -2.19. The SMILES string of the molecule is CC(C)(C)OCCOCCCC1CCCN1. The first-order chi connectivity index (χ1) is 7.58. The zero-order valence-corrected chi connectivity index (χ0v) is 11.1. The highest BCUT2D eigenvalue weighted by atomic mass is 16.5. The van der Waals surface area contributed by atoms with Gasteiger partial charge in [-0.3, -0.25) is 0 Å². The summed E-state index contributed by atoms with van der Waals surface area (Å²) in [6, 6.07) is 0.745. The van der Waals surface area contributed by atoms with E-state index in [0.717, 1.165) is 25.7 Å². The van der Waals surface area contributed by atoms with Crippen molar-refractivity contribution in [1.82, 2.24) is 5.32 Å². The Kier molecular flexibility index (Phi) is 6.32. The number of ether oxygens (including phenoxy) is 2. The van der Waals surface area contributed by atoms with Crippen molar-refractivity contribution in [3.8, 4) is 0 Å². The molecule has 1 unspecified atom stereocenters. The Labute approximate surface area is 99.9 Å². The molecule has 0 saturated carbocycles. The van der Waals surface area contributed by atoms with Crippen LogP contribution in [0.15, 0.2) is 0 Å². The Balaban J connectivity index is 1.81. The molecule has 0 aromatic heterocycles. The molecular formula is C13H27NO2. The standard InChI is InChI=1S/C13H27NO2/c1-13(2,3)16-11-10-15-9-5-7-12-6-4-8-14-12/h12,14H,4-11H2,1-3H3. The minimum absolute atomic E-state index is 0.0445. The van der Waals surface area contributed by atoms with E-state index in [1.807, 2.05) is 0 Å². The molecule has 1 heterocycles. The molecule has 1 saturated heterocycles. The van der Waals surface area contributed by atoms with Gasteiger partial charge in [-0.2, -0.15) is 0 Å². The second kappa shape index (κ2) is 7.25. The first-order valence-corrected chi connectivity index (χ1v) is 6.53. The van der Waals surface area contributed by atoms with Crippen LogP contribution in [0.2, 0.25) is 0 Å². The Morgan fingerprint density at radius 3 is 2.62 bits per heavy atom. The van der Waals surface area contributed by atoms with Gasteiger partial charge in [0.25, 0.3) is 0 Å². The van der Waals surface area contributed by atoms with Gasteiger partial charge in [-0.1, -0.05) is 0 Å². The fourth-order valence-electron chi connectivity index (χ4n) is 1.94. The molecule has 16 heavy (non-hydrogen) atoms. The minimum atomic E-state index is -0.0445. The summed E-state index contributed by atoms with van der Waals surface area (Å²) in [5, 5.41) is 3.50. The van der Waals surface area contributed by atoms with Crippen molar-refractivity contribution in [2.24, 2.45) is 0 Å². The Hall–Kier alpha value is -0.120. The van der Waals surface area contributed by atoms with Crippen molar-refractivity contribution >= 4 is 0 Å². The number of rotatable bonds is 7. The second-order valence-corrected chi connectivity index (χ2v) is 5.51. The zero-order chi connectivity index (χ0) is 11.9. The molecule has 3 nitrogen and oxygen atoms in total. The van der Waals surface area contributed by atoms with Gasteiger partial charge >= 0.3 is 0 Å². The van der Waals surface area contributed by atoms with Crippen LogP contribution in [0.3, 0.4) is 0 Å². The van der Waals surface area contributed by atoms with Crippen molar-refractivity contribution in [3.63, 3.8) is 0 Å². The largest absolute Gasteiger partial charge is 0.379 e. The predicted octanol–water partition coefficient (Wildman–Crippen LogP) is 2.35. The van der Waals surface area contributed by atoms with Crippen LogP contribution in [-0.4, -0.2) is 38.0 Å². The van der Waals surface area contributed by atoms with Crippen LogP contribution in [0.4, 0.5) is 0 Å². The third kappa shape index (κ3) is 7.20. The summed E-state index contributed by atoms with van der Waals surface area (Å²) >= 11 is 0. The highest BCUT2D eigenvalue weighted by Crippen LogP contribution is 2.10. The van der Waals surface area contributed by atoms with Crippen LogP contribution in [0, 0.1) is 0 Å². The van der Waals surface area contributed by atoms with E-state index in [1.54, 1.807) is 0 Å². The summed E-state index contributed by atoms with van der Waals surface area (Å²) in [5.41, 5.74) is -0.0445. The van der Waals surface area contributed by atoms with Gasteiger partial charge in [-0.05, 0) is 53.0 Å². The molecule has 1 rings (SSSR count). The smallest absolute Gasteiger partial charge is 0.0707 e. The van der Waals surface area contributed by atoms with Crippen LogP contribution in [0.1, 0.15) is 46.5 Å². The van der Waals surface area contributed by atoms with E-state index in [1.165, 1.54) is 25.8 Å². The van der Waals surface area contributed by atoms with Gasteiger partial charge in [0.05, 0.1) is 18.8 Å². The normalized spacial score (nSPS) is 21.6. The average Bonchev–Trinajstić information content (AvgIpc) is 2.67. The fraction of sp³-hybridized carbons (Fsp3) is 1.00. The minimum Gasteiger partial charge on any atom is -0.379 e. The van der Waals surface area contributed by atoms with E-state index >= 15 is 0 Å². The first kappa shape index (κ1) is 13.9. The summed E-state index contributed by atoms with van der Waals surface area (Å²) in [7, 11) is 0. The van der Waals surface area contributed by atoms with Gasteiger partial charge in [0.1, 0.15) is 0 Å². The van der Waals surface area contributed by atoms with Crippen LogP contribution in [0.25, 0.3) is 0 Å². The van der Waals surface area contributed by atoms with Crippen LogP contribution in [-0.2, 0) is 9.47 Å². The molecule has 1 atom stereocenters. The Morgan fingerprint density at radius 1 is 1.19 bits per heavy atom. The fourth-order valence-corrected chi connectivity index (χ4v) is 1.94. The van der Waals surface area contributed by atoms with Gasteiger partial charge in [0.15, 0.2) is 0 Å². The molecule has 1 N–H and O–H groups in total. The lowest BCUT2D eigenvalue weighted by Crippen LogP contribution is -2.23. The summed E-state index contributed by atoms with van der Waals surface area (Å²) in [5.74, 6) is 0. The van der Waals surface area contributed by atoms with Crippen LogP contribution in [0.5, 0.6) is 0 Å². The van der Waals surface area contributed by atoms with E-state index in [0.29, 0.717) is 6.61 Å². The van der Waals surface area contributed by atoms with Crippen molar-refractivity contribution in [2.75, 3.05) is 26.4 Å². The summed E-state index contributed by atoms with van der Waals surface area (Å²) in [6.45, 7) is 9.69. The summed E-state index contributed by atoms with van der Waals surface area (Å²) in [6.07, 6.45) is 5.09. The average molecular weight is 229 g/mol. The maximum Gasteiger partial charge on any atom is 0.0707 e. The van der Waals surface area contributed by atoms with E-state index in [9.17, 15) is 0 Å². The molecular weight excluding hydrogens is 202 g/mol. The predicted molar refractivity (Wildman–Crippen MR) is 66.8 cm³/mol. The summed E-state index contributed by atoms with van der Waals surface area (Å²) in [4.78, 5) is 0. The molecule has 0 aromatic rings. The highest BCUT2D eigenvalue weighted by Gasteiger charge is 2.13. The van der Waals surface area contributed by atoms with Crippen molar-refractivity contribution in [1.29, 1.82) is 0 Å². The van der Waals surface area contributed by atoms with Gasteiger partial charge in [0, 0.05) is 12.6 Å². The lowest BCUT2D eigenvalue weighted by atomic mass is 10.1. The third-order valence-corrected chi connectivity index (χ3v) is 2.77. The van der Waals surface area contributed by atoms with Crippen molar-refractivity contribution in [3.05, 3.63) is 0 Å². The molecule has 1 fully saturated rings. The highest BCUT2D eigenvalue weighted by molar-refractivity contribution is 4.73. The summed E-state index contributed by atoms with van der Waals surface area (Å²) < 4.78 is 11.1. The van der Waals surface area contributed by atoms with Crippen molar-refractivity contribution in [2.45, 2.75) is 58.1 Å². The Bertz CT molecular complexity index is 171. The number of nitrogens with one attached hydrogen (secondary N) is 1. The van der Waals surface area contributed by atoms with Crippen molar-refractivity contribution < 1.29 is 9.47 Å². The van der Waals surface area contributed by atoms with Crippen LogP contribution < -0.4 is 5.32 Å². The molecule has 1 aliphatic rings. The topological polar surface area (TPSA) is 30.5 Å². The Morgan fingerprint density at radius 2 is 2.00 bits per heavy atom.